The van der Waals surface area contributed by atoms with Gasteiger partial charge in [-0.3, -0.25) is 9.20 Å². The lowest BCUT2D eigenvalue weighted by molar-refractivity contribution is -0.123. The van der Waals surface area contributed by atoms with E-state index in [1.165, 1.54) is 12.1 Å². The zero-order valence-electron chi connectivity index (χ0n) is 12.4. The number of hydrogen-bond donors (Lipinski definition) is 1. The molecule has 1 N–H and O–H groups in total. The number of carbonyl (C=O) groups excluding carboxylic acids is 1. The van der Waals surface area contributed by atoms with Crippen LogP contribution in [0.3, 0.4) is 0 Å². The fourth-order valence-electron chi connectivity index (χ4n) is 2.88. The molecular formula is C17H15FN4O. The quantitative estimate of drug-likeness (QED) is 0.804. The third-order valence-corrected chi connectivity index (χ3v) is 4.37. The second kappa shape index (κ2) is 5.15. The number of nitrogens with one attached hydrogen (secondary N) is 1. The summed E-state index contributed by atoms with van der Waals surface area (Å²) in [5.74, 6) is 0.348. The van der Waals surface area contributed by atoms with Gasteiger partial charge in [0.05, 0.1) is 12.0 Å². The van der Waals surface area contributed by atoms with E-state index in [1.807, 2.05) is 28.8 Å². The number of halogens is 1. The largest absolute Gasteiger partial charge is 0.348 e. The van der Waals surface area contributed by atoms with E-state index in [-0.39, 0.29) is 11.7 Å². The van der Waals surface area contributed by atoms with Crippen LogP contribution >= 0.6 is 0 Å². The molecular weight excluding hydrogens is 295 g/mol. The molecule has 23 heavy (non-hydrogen) atoms. The van der Waals surface area contributed by atoms with Gasteiger partial charge in [0.25, 0.3) is 0 Å². The lowest BCUT2D eigenvalue weighted by atomic mass is 9.95. The molecule has 0 bridgehead atoms. The Morgan fingerprint density at radius 1 is 1.17 bits per heavy atom. The van der Waals surface area contributed by atoms with Gasteiger partial charge < -0.3 is 5.32 Å². The van der Waals surface area contributed by atoms with Crippen molar-refractivity contribution in [2.24, 2.45) is 0 Å². The first-order valence-corrected chi connectivity index (χ1v) is 7.52. The summed E-state index contributed by atoms with van der Waals surface area (Å²) >= 11 is 0. The Kier molecular flexibility index (Phi) is 3.11. The fourth-order valence-corrected chi connectivity index (χ4v) is 2.88. The smallest absolute Gasteiger partial charge is 0.231 e. The van der Waals surface area contributed by atoms with E-state index in [0.717, 1.165) is 24.1 Å². The van der Waals surface area contributed by atoms with Gasteiger partial charge in [-0.15, -0.1) is 10.2 Å². The topological polar surface area (TPSA) is 59.3 Å². The molecule has 0 aliphatic heterocycles. The molecule has 0 radical (unpaired) electrons. The number of nitrogens with zero attached hydrogens (tertiary/aromatic N) is 3. The van der Waals surface area contributed by atoms with E-state index >= 15 is 0 Å². The van der Waals surface area contributed by atoms with Gasteiger partial charge in [-0.25, -0.2) is 4.39 Å². The number of rotatable bonds is 4. The minimum absolute atomic E-state index is 0.0446. The third kappa shape index (κ3) is 2.36. The Morgan fingerprint density at radius 2 is 1.96 bits per heavy atom. The Bertz CT molecular complexity index is 868. The maximum absolute atomic E-state index is 13.1. The van der Waals surface area contributed by atoms with Crippen LogP contribution in [0.5, 0.6) is 0 Å². The van der Waals surface area contributed by atoms with Crippen molar-refractivity contribution in [1.82, 2.24) is 19.9 Å². The zero-order valence-corrected chi connectivity index (χ0v) is 12.4. The molecule has 6 heteroatoms. The zero-order chi connectivity index (χ0) is 15.9. The first-order valence-electron chi connectivity index (χ1n) is 7.52. The van der Waals surface area contributed by atoms with E-state index in [4.69, 9.17) is 0 Å². The molecule has 4 rings (SSSR count). The van der Waals surface area contributed by atoms with Gasteiger partial charge in [0.1, 0.15) is 5.82 Å². The SMILES string of the molecule is O=C(NCc1nnc2ccccn12)C1(c2ccc(F)cc2)CC1. The molecule has 1 amide bonds. The van der Waals surface area contributed by atoms with E-state index in [0.29, 0.717) is 12.4 Å². The van der Waals surface area contributed by atoms with Gasteiger partial charge in [-0.2, -0.15) is 0 Å². The predicted octanol–water partition coefficient (Wildman–Crippen LogP) is 2.22. The summed E-state index contributed by atoms with van der Waals surface area (Å²) in [6, 6.07) is 11.8. The summed E-state index contributed by atoms with van der Waals surface area (Å²) in [6.07, 6.45) is 3.43. The summed E-state index contributed by atoms with van der Waals surface area (Å²) in [4.78, 5) is 12.6. The van der Waals surface area contributed by atoms with Gasteiger partial charge in [0.15, 0.2) is 11.5 Å². The van der Waals surface area contributed by atoms with Crippen LogP contribution in [-0.4, -0.2) is 20.5 Å². The predicted molar refractivity (Wildman–Crippen MR) is 82.1 cm³/mol. The summed E-state index contributed by atoms with van der Waals surface area (Å²) in [5.41, 5.74) is 1.09. The second-order valence-corrected chi connectivity index (χ2v) is 5.82. The molecule has 0 unspecified atom stereocenters. The van der Waals surface area contributed by atoms with Crippen LogP contribution in [0.25, 0.3) is 5.65 Å². The van der Waals surface area contributed by atoms with Gasteiger partial charge in [-0.05, 0) is 42.7 Å². The number of carbonyl (C=O) groups is 1. The number of fused-ring (bicyclic) bond motifs is 1. The highest BCUT2D eigenvalue weighted by Crippen LogP contribution is 2.48. The Morgan fingerprint density at radius 3 is 2.70 bits per heavy atom. The van der Waals surface area contributed by atoms with Crippen LogP contribution in [0.1, 0.15) is 24.2 Å². The monoisotopic (exact) mass is 310 g/mol. The molecule has 5 nitrogen and oxygen atoms in total. The lowest BCUT2D eigenvalue weighted by Gasteiger charge is -2.15. The van der Waals surface area contributed by atoms with Crippen LogP contribution in [0.2, 0.25) is 0 Å². The van der Waals surface area contributed by atoms with E-state index < -0.39 is 5.41 Å². The normalized spacial score (nSPS) is 15.5. The highest BCUT2D eigenvalue weighted by atomic mass is 19.1. The van der Waals surface area contributed by atoms with E-state index in [1.54, 1.807) is 12.1 Å². The molecule has 0 atom stereocenters. The first kappa shape index (κ1) is 13.9. The Hall–Kier alpha value is -2.76. The minimum Gasteiger partial charge on any atom is -0.348 e. The molecule has 1 fully saturated rings. The molecule has 3 aromatic rings. The molecule has 1 saturated carbocycles. The standard InChI is InChI=1S/C17H15FN4O/c18-13-6-4-12(5-7-13)17(8-9-17)16(23)19-11-15-21-20-14-3-1-2-10-22(14)15/h1-7,10H,8-9,11H2,(H,19,23). The van der Waals surface area contributed by atoms with Crippen molar-refractivity contribution in [2.45, 2.75) is 24.8 Å². The summed E-state index contributed by atoms with van der Waals surface area (Å²) in [5, 5.41) is 11.1. The Labute approximate surface area is 132 Å². The van der Waals surface area contributed by atoms with Crippen LogP contribution in [0.15, 0.2) is 48.7 Å². The number of amides is 1. The van der Waals surface area contributed by atoms with Crippen LogP contribution < -0.4 is 5.32 Å². The maximum atomic E-state index is 13.1. The summed E-state index contributed by atoms with van der Waals surface area (Å²) in [7, 11) is 0. The minimum atomic E-state index is -0.520. The number of benzene rings is 1. The van der Waals surface area contributed by atoms with Crippen molar-refractivity contribution in [3.8, 4) is 0 Å². The highest BCUT2D eigenvalue weighted by Gasteiger charge is 2.51. The van der Waals surface area contributed by atoms with Gasteiger partial charge in [0.2, 0.25) is 5.91 Å². The highest BCUT2D eigenvalue weighted by molar-refractivity contribution is 5.91. The second-order valence-electron chi connectivity index (χ2n) is 5.82. The number of aromatic nitrogens is 3. The molecule has 0 spiro atoms. The molecule has 1 aliphatic carbocycles. The average molecular weight is 310 g/mol. The van der Waals surface area contributed by atoms with Crippen molar-refractivity contribution < 1.29 is 9.18 Å². The van der Waals surface area contributed by atoms with Crippen molar-refractivity contribution in [3.63, 3.8) is 0 Å². The van der Waals surface area contributed by atoms with Gasteiger partial charge >= 0.3 is 0 Å². The van der Waals surface area contributed by atoms with Crippen molar-refractivity contribution >= 4 is 11.6 Å². The van der Waals surface area contributed by atoms with Gasteiger partial charge in [0, 0.05) is 6.20 Å². The molecule has 2 heterocycles. The lowest BCUT2D eigenvalue weighted by Crippen LogP contribution is -2.34. The maximum Gasteiger partial charge on any atom is 0.231 e. The number of hydrogen-bond acceptors (Lipinski definition) is 3. The molecule has 2 aromatic heterocycles. The van der Waals surface area contributed by atoms with E-state index in [9.17, 15) is 9.18 Å². The van der Waals surface area contributed by atoms with Crippen LogP contribution in [0.4, 0.5) is 4.39 Å². The van der Waals surface area contributed by atoms with Crippen molar-refractivity contribution in [1.29, 1.82) is 0 Å². The number of pyridine rings is 1. The summed E-state index contributed by atoms with van der Waals surface area (Å²) in [6.45, 7) is 0.312. The summed E-state index contributed by atoms with van der Waals surface area (Å²) < 4.78 is 14.9. The first-order chi connectivity index (χ1) is 11.2. The molecule has 1 aliphatic rings. The fraction of sp³-hybridized carbons (Fsp3) is 0.235. The van der Waals surface area contributed by atoms with E-state index in [2.05, 4.69) is 15.5 Å². The third-order valence-electron chi connectivity index (χ3n) is 4.37. The Balaban J connectivity index is 1.51. The molecule has 116 valence electrons. The van der Waals surface area contributed by atoms with Crippen molar-refractivity contribution in [2.75, 3.05) is 0 Å². The van der Waals surface area contributed by atoms with Crippen molar-refractivity contribution in [3.05, 3.63) is 65.9 Å². The molecule has 1 aromatic carbocycles. The van der Waals surface area contributed by atoms with Gasteiger partial charge in [-0.1, -0.05) is 18.2 Å². The van der Waals surface area contributed by atoms with Crippen LogP contribution in [0, 0.1) is 5.82 Å². The molecule has 0 saturated heterocycles. The van der Waals surface area contributed by atoms with Crippen LogP contribution in [-0.2, 0) is 16.8 Å². The average Bonchev–Trinajstić information content (AvgIpc) is 3.29.